The number of nitrogens with one attached hydrogen (secondary N) is 2. The number of nitrogens with zero attached hydrogens (tertiary/aromatic N) is 2. The van der Waals surface area contributed by atoms with Crippen LogP contribution in [0.25, 0.3) is 0 Å². The SMILES string of the molecule is CCNc1ncnc(NC(CO)C(C)C)c1C(C)C. The second kappa shape index (κ2) is 7.28. The molecule has 0 fully saturated rings. The van der Waals surface area contributed by atoms with E-state index in [9.17, 15) is 5.11 Å². The van der Waals surface area contributed by atoms with Gasteiger partial charge in [-0.05, 0) is 18.8 Å². The van der Waals surface area contributed by atoms with E-state index >= 15 is 0 Å². The molecule has 1 heterocycles. The van der Waals surface area contributed by atoms with Crippen molar-refractivity contribution in [3.63, 3.8) is 0 Å². The Labute approximate surface area is 115 Å². The van der Waals surface area contributed by atoms with Gasteiger partial charge < -0.3 is 15.7 Å². The van der Waals surface area contributed by atoms with Crippen molar-refractivity contribution in [1.82, 2.24) is 9.97 Å². The average molecular weight is 266 g/mol. The maximum absolute atomic E-state index is 9.44. The van der Waals surface area contributed by atoms with Crippen molar-refractivity contribution in [3.05, 3.63) is 11.9 Å². The normalized spacial score (nSPS) is 12.8. The van der Waals surface area contributed by atoms with Crippen LogP contribution < -0.4 is 10.6 Å². The Kier molecular flexibility index (Phi) is 6.02. The first-order valence-electron chi connectivity index (χ1n) is 6.97. The third kappa shape index (κ3) is 4.06. The summed E-state index contributed by atoms with van der Waals surface area (Å²) < 4.78 is 0. The quantitative estimate of drug-likeness (QED) is 0.707. The molecular weight excluding hydrogens is 240 g/mol. The van der Waals surface area contributed by atoms with Crippen molar-refractivity contribution >= 4 is 11.6 Å². The molecular formula is C14H26N4O. The Morgan fingerprint density at radius 1 is 1.16 bits per heavy atom. The fourth-order valence-corrected chi connectivity index (χ4v) is 1.96. The maximum Gasteiger partial charge on any atom is 0.135 e. The lowest BCUT2D eigenvalue weighted by Crippen LogP contribution is -2.30. The Hall–Kier alpha value is -1.36. The lowest BCUT2D eigenvalue weighted by molar-refractivity contribution is 0.249. The molecule has 0 aliphatic rings. The van der Waals surface area contributed by atoms with Gasteiger partial charge in [0.1, 0.15) is 18.0 Å². The second-order valence-electron chi connectivity index (χ2n) is 5.35. The zero-order chi connectivity index (χ0) is 14.4. The highest BCUT2D eigenvalue weighted by molar-refractivity contribution is 5.59. The molecule has 5 heteroatoms. The van der Waals surface area contributed by atoms with Crippen LogP contribution in [-0.2, 0) is 0 Å². The molecule has 3 N–H and O–H groups in total. The average Bonchev–Trinajstić information content (AvgIpc) is 2.35. The van der Waals surface area contributed by atoms with Gasteiger partial charge in [-0.1, -0.05) is 27.7 Å². The lowest BCUT2D eigenvalue weighted by Gasteiger charge is -2.24. The van der Waals surface area contributed by atoms with Gasteiger partial charge in [-0.3, -0.25) is 0 Å². The molecule has 0 radical (unpaired) electrons. The van der Waals surface area contributed by atoms with Gasteiger partial charge in [0.2, 0.25) is 0 Å². The molecule has 0 bridgehead atoms. The Bertz CT molecular complexity index is 393. The Morgan fingerprint density at radius 3 is 2.26 bits per heavy atom. The first-order valence-corrected chi connectivity index (χ1v) is 6.97. The van der Waals surface area contributed by atoms with Crippen molar-refractivity contribution in [2.45, 2.75) is 46.6 Å². The summed E-state index contributed by atoms with van der Waals surface area (Å²) in [6, 6.07) is 0.00174. The zero-order valence-corrected chi connectivity index (χ0v) is 12.6. The van der Waals surface area contributed by atoms with E-state index in [1.807, 2.05) is 6.92 Å². The smallest absolute Gasteiger partial charge is 0.135 e. The van der Waals surface area contributed by atoms with E-state index in [2.05, 4.69) is 48.3 Å². The van der Waals surface area contributed by atoms with Gasteiger partial charge in [-0.2, -0.15) is 0 Å². The first kappa shape index (κ1) is 15.7. The van der Waals surface area contributed by atoms with Gasteiger partial charge in [0, 0.05) is 12.1 Å². The van der Waals surface area contributed by atoms with E-state index in [1.165, 1.54) is 0 Å². The Morgan fingerprint density at radius 2 is 1.79 bits per heavy atom. The number of aliphatic hydroxyl groups is 1. The van der Waals surface area contributed by atoms with Gasteiger partial charge in [-0.25, -0.2) is 9.97 Å². The molecule has 0 amide bonds. The van der Waals surface area contributed by atoms with Crippen LogP contribution in [0.3, 0.4) is 0 Å². The van der Waals surface area contributed by atoms with Crippen LogP contribution in [0.2, 0.25) is 0 Å². The second-order valence-corrected chi connectivity index (χ2v) is 5.35. The monoisotopic (exact) mass is 266 g/mol. The van der Waals surface area contributed by atoms with Crippen LogP contribution in [-0.4, -0.2) is 34.3 Å². The van der Waals surface area contributed by atoms with Crippen LogP contribution >= 0.6 is 0 Å². The third-order valence-corrected chi connectivity index (χ3v) is 3.13. The highest BCUT2D eigenvalue weighted by atomic mass is 16.3. The van der Waals surface area contributed by atoms with E-state index in [1.54, 1.807) is 6.33 Å². The predicted octanol–water partition coefficient (Wildman–Crippen LogP) is 2.46. The number of rotatable bonds is 7. The van der Waals surface area contributed by atoms with Crippen molar-refractivity contribution < 1.29 is 5.11 Å². The molecule has 0 aliphatic heterocycles. The highest BCUT2D eigenvalue weighted by Gasteiger charge is 2.19. The fraction of sp³-hybridized carbons (Fsp3) is 0.714. The number of anilines is 2. The van der Waals surface area contributed by atoms with Gasteiger partial charge in [0.05, 0.1) is 12.6 Å². The molecule has 0 saturated heterocycles. The van der Waals surface area contributed by atoms with E-state index in [4.69, 9.17) is 0 Å². The summed E-state index contributed by atoms with van der Waals surface area (Å²) in [5.74, 6) is 2.33. The van der Waals surface area contributed by atoms with Crippen LogP contribution in [0.4, 0.5) is 11.6 Å². The van der Waals surface area contributed by atoms with Crippen molar-refractivity contribution in [3.8, 4) is 0 Å². The summed E-state index contributed by atoms with van der Waals surface area (Å²) in [4.78, 5) is 8.64. The van der Waals surface area contributed by atoms with Gasteiger partial charge >= 0.3 is 0 Å². The lowest BCUT2D eigenvalue weighted by atomic mass is 10.0. The first-order chi connectivity index (χ1) is 9.01. The van der Waals surface area contributed by atoms with Crippen molar-refractivity contribution in [2.75, 3.05) is 23.8 Å². The highest BCUT2D eigenvalue weighted by Crippen LogP contribution is 2.29. The molecule has 108 valence electrons. The summed E-state index contributed by atoms with van der Waals surface area (Å²) in [5.41, 5.74) is 1.07. The van der Waals surface area contributed by atoms with E-state index in [-0.39, 0.29) is 12.6 Å². The third-order valence-electron chi connectivity index (χ3n) is 3.13. The minimum atomic E-state index is 0.00174. The molecule has 1 rings (SSSR count). The van der Waals surface area contributed by atoms with Crippen LogP contribution in [0, 0.1) is 5.92 Å². The van der Waals surface area contributed by atoms with E-state index < -0.39 is 0 Å². The number of aliphatic hydroxyl groups excluding tert-OH is 1. The minimum absolute atomic E-state index is 0.00174. The number of hydrogen-bond donors (Lipinski definition) is 3. The largest absolute Gasteiger partial charge is 0.394 e. The topological polar surface area (TPSA) is 70.1 Å². The molecule has 1 aromatic rings. The zero-order valence-electron chi connectivity index (χ0n) is 12.6. The summed E-state index contributed by atoms with van der Waals surface area (Å²) in [6.45, 7) is 11.4. The summed E-state index contributed by atoms with van der Waals surface area (Å²) in [7, 11) is 0. The molecule has 0 saturated carbocycles. The van der Waals surface area contributed by atoms with Gasteiger partial charge in [0.25, 0.3) is 0 Å². The minimum Gasteiger partial charge on any atom is -0.394 e. The van der Waals surface area contributed by atoms with Gasteiger partial charge in [0.15, 0.2) is 0 Å². The molecule has 19 heavy (non-hydrogen) atoms. The summed E-state index contributed by atoms with van der Waals surface area (Å²) in [6.07, 6.45) is 1.56. The molecule has 0 spiro atoms. The van der Waals surface area contributed by atoms with Crippen molar-refractivity contribution in [2.24, 2.45) is 5.92 Å². The number of hydrogen-bond acceptors (Lipinski definition) is 5. The van der Waals surface area contributed by atoms with E-state index in [0.29, 0.717) is 11.8 Å². The standard InChI is InChI=1S/C14H26N4O/c1-6-15-13-12(10(4)5)14(17-8-16-13)18-11(7-19)9(2)3/h8-11,19H,6-7H2,1-5H3,(H2,15,16,17,18). The van der Waals surface area contributed by atoms with Crippen LogP contribution in [0.1, 0.15) is 46.1 Å². The summed E-state index contributed by atoms with van der Waals surface area (Å²) in [5, 5.41) is 16.0. The molecule has 0 aromatic carbocycles. The predicted molar refractivity (Wildman–Crippen MR) is 79.6 cm³/mol. The van der Waals surface area contributed by atoms with Crippen LogP contribution in [0.5, 0.6) is 0 Å². The molecule has 0 aliphatic carbocycles. The molecule has 1 unspecified atom stereocenters. The molecule has 5 nitrogen and oxygen atoms in total. The molecule has 1 aromatic heterocycles. The Balaban J connectivity index is 3.08. The van der Waals surface area contributed by atoms with Crippen LogP contribution in [0.15, 0.2) is 6.33 Å². The van der Waals surface area contributed by atoms with Gasteiger partial charge in [-0.15, -0.1) is 0 Å². The number of aromatic nitrogens is 2. The molecule has 1 atom stereocenters. The maximum atomic E-state index is 9.44. The fourth-order valence-electron chi connectivity index (χ4n) is 1.96. The van der Waals surface area contributed by atoms with Crippen molar-refractivity contribution in [1.29, 1.82) is 0 Å². The van der Waals surface area contributed by atoms with E-state index in [0.717, 1.165) is 23.7 Å². The summed E-state index contributed by atoms with van der Waals surface area (Å²) >= 11 is 0.